The highest BCUT2D eigenvalue weighted by Gasteiger charge is 2.43. The summed E-state index contributed by atoms with van der Waals surface area (Å²) in [6, 6.07) is 1.40. The Labute approximate surface area is 126 Å². The van der Waals surface area contributed by atoms with Crippen molar-refractivity contribution in [2.75, 3.05) is 0 Å². The molecule has 3 N–H and O–H groups in total. The van der Waals surface area contributed by atoms with E-state index in [0.29, 0.717) is 30.8 Å². The Hall–Kier alpha value is -2.03. The van der Waals surface area contributed by atoms with Crippen LogP contribution < -0.4 is 5.73 Å². The van der Waals surface area contributed by atoms with Crippen LogP contribution in [0.5, 0.6) is 0 Å². The summed E-state index contributed by atoms with van der Waals surface area (Å²) in [6.45, 7) is 0. The summed E-state index contributed by atoms with van der Waals surface area (Å²) >= 11 is 0. The molecule has 0 bridgehead atoms. The number of hydrogen-bond acceptors (Lipinski definition) is 2. The first-order valence-electron chi connectivity index (χ1n) is 6.63. The highest BCUT2D eigenvalue weighted by atomic mass is 19.4. The predicted molar refractivity (Wildman–Crippen MR) is 69.1 cm³/mol. The molecule has 0 spiro atoms. The van der Waals surface area contributed by atoms with Gasteiger partial charge in [0, 0.05) is 5.56 Å². The van der Waals surface area contributed by atoms with Gasteiger partial charge >= 0.3 is 12.4 Å². The van der Waals surface area contributed by atoms with Gasteiger partial charge in [0.05, 0.1) is 28.6 Å². The molecule has 0 radical (unpaired) electrons. The summed E-state index contributed by atoms with van der Waals surface area (Å²) in [7, 11) is 0. The maximum Gasteiger partial charge on any atom is 0.416 e. The molecule has 1 saturated carbocycles. The number of nitrogens with one attached hydrogen (secondary N) is 1. The predicted octanol–water partition coefficient (Wildman–Crippen LogP) is 4.06. The monoisotopic (exact) mass is 335 g/mol. The highest BCUT2D eigenvalue weighted by Crippen LogP contribution is 2.42. The molecule has 0 atom stereocenters. The van der Waals surface area contributed by atoms with Crippen LogP contribution in [0.4, 0.5) is 26.3 Å². The van der Waals surface area contributed by atoms with Crippen LogP contribution >= 0.6 is 0 Å². The van der Waals surface area contributed by atoms with Crippen molar-refractivity contribution in [1.82, 2.24) is 9.97 Å². The van der Waals surface area contributed by atoms with Crippen molar-refractivity contribution < 1.29 is 26.3 Å². The Bertz CT molecular complexity index is 707. The van der Waals surface area contributed by atoms with Crippen LogP contribution in [-0.4, -0.2) is 9.97 Å². The Morgan fingerprint density at radius 1 is 0.957 bits per heavy atom. The zero-order chi connectivity index (χ0) is 17.0. The lowest BCUT2D eigenvalue weighted by Crippen LogP contribution is -2.20. The van der Waals surface area contributed by atoms with Crippen LogP contribution in [0.25, 0.3) is 11.3 Å². The standard InChI is InChI=1S/C14H11F6N3/c15-13(16,17)8-3-7(4-9(5-8)14(18,19)20)10-6-22-11(23-10)12(21)1-2-12/h3-6H,1-2,21H2,(H,22,23). The number of nitrogens with two attached hydrogens (primary N) is 1. The van der Waals surface area contributed by atoms with Gasteiger partial charge in [0.1, 0.15) is 5.82 Å². The molecule has 1 aromatic carbocycles. The van der Waals surface area contributed by atoms with Gasteiger partial charge in [-0.15, -0.1) is 0 Å². The Morgan fingerprint density at radius 2 is 1.48 bits per heavy atom. The summed E-state index contributed by atoms with van der Waals surface area (Å²) < 4.78 is 77.1. The highest BCUT2D eigenvalue weighted by molar-refractivity contribution is 5.62. The maximum atomic E-state index is 12.8. The fourth-order valence-electron chi connectivity index (χ4n) is 2.20. The Kier molecular flexibility index (Phi) is 3.26. The lowest BCUT2D eigenvalue weighted by Gasteiger charge is -2.13. The van der Waals surface area contributed by atoms with E-state index in [4.69, 9.17) is 5.73 Å². The van der Waals surface area contributed by atoms with Crippen LogP contribution in [0, 0.1) is 0 Å². The molecule has 1 aromatic heterocycles. The summed E-state index contributed by atoms with van der Waals surface area (Å²) in [4.78, 5) is 6.69. The maximum absolute atomic E-state index is 12.8. The van der Waals surface area contributed by atoms with Crippen molar-refractivity contribution in [3.63, 3.8) is 0 Å². The fraction of sp³-hybridized carbons (Fsp3) is 0.357. The van der Waals surface area contributed by atoms with Gasteiger partial charge < -0.3 is 10.7 Å². The number of rotatable bonds is 2. The van der Waals surface area contributed by atoms with Gasteiger partial charge in [0.15, 0.2) is 0 Å². The van der Waals surface area contributed by atoms with Crippen LogP contribution in [0.2, 0.25) is 0 Å². The van der Waals surface area contributed by atoms with Crippen molar-refractivity contribution in [1.29, 1.82) is 0 Å². The van der Waals surface area contributed by atoms with Crippen LogP contribution in [0.1, 0.15) is 29.8 Å². The molecule has 23 heavy (non-hydrogen) atoms. The summed E-state index contributed by atoms with van der Waals surface area (Å²) in [5.74, 6) is 0.360. The molecule has 0 saturated heterocycles. The van der Waals surface area contributed by atoms with E-state index in [1.54, 1.807) is 0 Å². The molecule has 9 heteroatoms. The summed E-state index contributed by atoms with van der Waals surface area (Å²) in [5, 5.41) is 0. The van der Waals surface area contributed by atoms with E-state index in [-0.39, 0.29) is 17.3 Å². The molecule has 3 rings (SSSR count). The van der Waals surface area contributed by atoms with E-state index in [9.17, 15) is 26.3 Å². The molecule has 1 heterocycles. The zero-order valence-electron chi connectivity index (χ0n) is 11.5. The lowest BCUT2D eigenvalue weighted by molar-refractivity contribution is -0.143. The topological polar surface area (TPSA) is 54.7 Å². The molecule has 124 valence electrons. The van der Waals surface area contributed by atoms with E-state index < -0.39 is 29.0 Å². The second kappa shape index (κ2) is 4.73. The van der Waals surface area contributed by atoms with Crippen LogP contribution in [0.15, 0.2) is 24.4 Å². The van der Waals surface area contributed by atoms with Gasteiger partial charge in [-0.25, -0.2) is 4.98 Å². The summed E-state index contributed by atoms with van der Waals surface area (Å²) in [6.07, 6.45) is -7.25. The van der Waals surface area contributed by atoms with E-state index in [0.717, 1.165) is 0 Å². The lowest BCUT2D eigenvalue weighted by atomic mass is 10.0. The smallest absolute Gasteiger partial charge is 0.340 e. The molecule has 1 aliphatic carbocycles. The third-order valence-corrected chi connectivity index (χ3v) is 3.73. The van der Waals surface area contributed by atoms with E-state index >= 15 is 0 Å². The minimum Gasteiger partial charge on any atom is -0.340 e. The first-order valence-corrected chi connectivity index (χ1v) is 6.63. The van der Waals surface area contributed by atoms with Gasteiger partial charge in [-0.05, 0) is 31.0 Å². The quantitative estimate of drug-likeness (QED) is 0.813. The number of H-pyrrole nitrogens is 1. The van der Waals surface area contributed by atoms with E-state index in [1.807, 2.05) is 0 Å². The van der Waals surface area contributed by atoms with Crippen molar-refractivity contribution in [3.05, 3.63) is 41.3 Å². The SMILES string of the molecule is NC1(c2ncc(-c3cc(C(F)(F)F)cc(C(F)(F)F)c3)[nH]2)CC1. The minimum absolute atomic E-state index is 0.0633. The number of benzene rings is 1. The minimum atomic E-state index is -4.88. The number of imidazole rings is 1. The van der Waals surface area contributed by atoms with Gasteiger partial charge in [-0.1, -0.05) is 0 Å². The molecule has 1 fully saturated rings. The largest absolute Gasteiger partial charge is 0.416 e. The van der Waals surface area contributed by atoms with Crippen molar-refractivity contribution in [3.8, 4) is 11.3 Å². The van der Waals surface area contributed by atoms with Gasteiger partial charge in [0.25, 0.3) is 0 Å². The number of aromatic nitrogens is 2. The molecular weight excluding hydrogens is 324 g/mol. The average molecular weight is 335 g/mol. The third kappa shape index (κ3) is 3.05. The Balaban J connectivity index is 2.09. The number of aromatic amines is 1. The Morgan fingerprint density at radius 3 is 1.91 bits per heavy atom. The van der Waals surface area contributed by atoms with Crippen molar-refractivity contribution in [2.24, 2.45) is 5.73 Å². The van der Waals surface area contributed by atoms with Gasteiger partial charge in [0.2, 0.25) is 0 Å². The van der Waals surface area contributed by atoms with Crippen LogP contribution in [-0.2, 0) is 17.9 Å². The fourth-order valence-corrected chi connectivity index (χ4v) is 2.20. The molecule has 3 nitrogen and oxygen atoms in total. The second-order valence-corrected chi connectivity index (χ2v) is 5.60. The van der Waals surface area contributed by atoms with Gasteiger partial charge in [-0.2, -0.15) is 26.3 Å². The number of nitrogens with zero attached hydrogens (tertiary/aromatic N) is 1. The molecule has 0 unspecified atom stereocenters. The third-order valence-electron chi connectivity index (χ3n) is 3.73. The van der Waals surface area contributed by atoms with Crippen molar-refractivity contribution >= 4 is 0 Å². The molecule has 1 aliphatic rings. The molecule has 2 aromatic rings. The number of hydrogen-bond donors (Lipinski definition) is 2. The average Bonchev–Trinajstić information content (AvgIpc) is 3.00. The van der Waals surface area contributed by atoms with E-state index in [1.165, 1.54) is 6.20 Å². The van der Waals surface area contributed by atoms with Gasteiger partial charge in [-0.3, -0.25) is 0 Å². The summed E-state index contributed by atoms with van der Waals surface area (Å²) in [5.41, 5.74) is 2.33. The number of halogens is 6. The van der Waals surface area contributed by atoms with Crippen molar-refractivity contribution in [2.45, 2.75) is 30.7 Å². The zero-order valence-corrected chi connectivity index (χ0v) is 11.5. The number of alkyl halides is 6. The molecular formula is C14H11F6N3. The van der Waals surface area contributed by atoms with E-state index in [2.05, 4.69) is 9.97 Å². The van der Waals surface area contributed by atoms with Crippen LogP contribution in [0.3, 0.4) is 0 Å². The molecule has 0 amide bonds. The first kappa shape index (κ1) is 15.9. The second-order valence-electron chi connectivity index (χ2n) is 5.60. The normalized spacial score (nSPS) is 17.3. The molecule has 0 aliphatic heterocycles. The first-order chi connectivity index (χ1) is 10.5.